The Morgan fingerprint density at radius 2 is 1.67 bits per heavy atom. The standard InChI is InChI=1S/C18H17N3O3/c1-11(16(22)21-18(19)20)10-14-4-2-3-5-15(14)12-6-8-13(9-7-12)17(23)24/h2-10H,1H3,(H,23,24)(H4,19,20,21,22)/b11-10+. The van der Waals surface area contributed by atoms with Crippen molar-refractivity contribution in [2.24, 2.45) is 16.5 Å². The van der Waals surface area contributed by atoms with Crippen LogP contribution in [0.5, 0.6) is 0 Å². The minimum Gasteiger partial charge on any atom is -0.478 e. The lowest BCUT2D eigenvalue weighted by Gasteiger charge is -2.08. The highest BCUT2D eigenvalue weighted by molar-refractivity contribution is 6.04. The number of amides is 1. The molecule has 0 unspecified atom stereocenters. The summed E-state index contributed by atoms with van der Waals surface area (Å²) in [6.07, 6.45) is 1.69. The summed E-state index contributed by atoms with van der Waals surface area (Å²) in [6, 6.07) is 14.0. The van der Waals surface area contributed by atoms with Gasteiger partial charge in [-0.2, -0.15) is 4.99 Å². The molecule has 122 valence electrons. The average Bonchev–Trinajstić information content (AvgIpc) is 2.54. The van der Waals surface area contributed by atoms with Crippen LogP contribution >= 0.6 is 0 Å². The normalized spacial score (nSPS) is 11.0. The molecule has 2 rings (SSSR count). The van der Waals surface area contributed by atoms with Gasteiger partial charge in [-0.3, -0.25) is 4.79 Å². The molecule has 0 spiro atoms. The van der Waals surface area contributed by atoms with Crippen LogP contribution < -0.4 is 11.5 Å². The smallest absolute Gasteiger partial charge is 0.335 e. The monoisotopic (exact) mass is 323 g/mol. The molecule has 24 heavy (non-hydrogen) atoms. The second-order valence-corrected chi connectivity index (χ2v) is 5.14. The first kappa shape index (κ1) is 17.0. The Labute approximate surface area is 139 Å². The molecular weight excluding hydrogens is 306 g/mol. The van der Waals surface area contributed by atoms with Gasteiger partial charge in [0.25, 0.3) is 5.91 Å². The van der Waals surface area contributed by atoms with Crippen LogP contribution in [0.2, 0.25) is 0 Å². The Hall–Kier alpha value is -3.41. The summed E-state index contributed by atoms with van der Waals surface area (Å²) in [5.74, 6) is -1.77. The van der Waals surface area contributed by atoms with Crippen LogP contribution in [0, 0.1) is 0 Å². The number of nitrogens with zero attached hydrogens (tertiary/aromatic N) is 1. The van der Waals surface area contributed by atoms with Crippen molar-refractivity contribution >= 4 is 23.9 Å². The lowest BCUT2D eigenvalue weighted by molar-refractivity contribution is -0.114. The lowest BCUT2D eigenvalue weighted by atomic mass is 9.97. The molecule has 0 aliphatic rings. The van der Waals surface area contributed by atoms with Crippen LogP contribution in [0.3, 0.4) is 0 Å². The zero-order chi connectivity index (χ0) is 17.7. The molecule has 0 aromatic heterocycles. The van der Waals surface area contributed by atoms with E-state index in [0.717, 1.165) is 16.7 Å². The molecule has 0 aliphatic carbocycles. The molecule has 0 saturated heterocycles. The van der Waals surface area contributed by atoms with Gasteiger partial charge in [0.15, 0.2) is 5.96 Å². The number of carbonyl (C=O) groups excluding carboxylic acids is 1. The van der Waals surface area contributed by atoms with E-state index < -0.39 is 11.9 Å². The van der Waals surface area contributed by atoms with E-state index in [9.17, 15) is 9.59 Å². The Bertz CT molecular complexity index is 833. The quantitative estimate of drug-likeness (QED) is 0.453. The number of hydrogen-bond donors (Lipinski definition) is 3. The number of benzene rings is 2. The fourth-order valence-electron chi connectivity index (χ4n) is 2.18. The van der Waals surface area contributed by atoms with Crippen LogP contribution in [-0.4, -0.2) is 22.9 Å². The Morgan fingerprint density at radius 3 is 2.25 bits per heavy atom. The van der Waals surface area contributed by atoms with Gasteiger partial charge in [-0.1, -0.05) is 36.4 Å². The minimum absolute atomic E-state index is 0.214. The molecule has 0 saturated carbocycles. The predicted octanol–water partition coefficient (Wildman–Crippen LogP) is 2.26. The van der Waals surface area contributed by atoms with E-state index in [2.05, 4.69) is 4.99 Å². The molecule has 0 aliphatic heterocycles. The third-order valence-electron chi connectivity index (χ3n) is 3.34. The molecule has 6 nitrogen and oxygen atoms in total. The fourth-order valence-corrected chi connectivity index (χ4v) is 2.18. The van der Waals surface area contributed by atoms with Crippen molar-refractivity contribution in [2.45, 2.75) is 6.92 Å². The molecule has 0 bridgehead atoms. The molecule has 1 amide bonds. The Balaban J connectivity index is 2.42. The van der Waals surface area contributed by atoms with E-state index in [1.165, 1.54) is 12.1 Å². The van der Waals surface area contributed by atoms with Crippen molar-refractivity contribution < 1.29 is 14.7 Å². The molecule has 2 aromatic rings. The van der Waals surface area contributed by atoms with Crippen molar-refractivity contribution in [3.05, 3.63) is 65.2 Å². The van der Waals surface area contributed by atoms with Crippen LogP contribution in [0.4, 0.5) is 0 Å². The number of aliphatic imine (C=N–C) groups is 1. The Morgan fingerprint density at radius 1 is 1.04 bits per heavy atom. The number of carboxylic acids is 1. The van der Waals surface area contributed by atoms with Gasteiger partial charge < -0.3 is 16.6 Å². The van der Waals surface area contributed by atoms with Crippen LogP contribution in [0.25, 0.3) is 17.2 Å². The maximum Gasteiger partial charge on any atom is 0.335 e. The maximum atomic E-state index is 11.8. The molecule has 5 N–H and O–H groups in total. The maximum absolute atomic E-state index is 11.8. The van der Waals surface area contributed by atoms with Gasteiger partial charge in [-0.05, 0) is 41.8 Å². The summed E-state index contributed by atoms with van der Waals surface area (Å²) in [4.78, 5) is 26.3. The van der Waals surface area contributed by atoms with Gasteiger partial charge >= 0.3 is 5.97 Å². The van der Waals surface area contributed by atoms with Crippen molar-refractivity contribution in [1.82, 2.24) is 0 Å². The van der Waals surface area contributed by atoms with Crippen LogP contribution in [-0.2, 0) is 4.79 Å². The van der Waals surface area contributed by atoms with E-state index >= 15 is 0 Å². The van der Waals surface area contributed by atoms with Crippen molar-refractivity contribution in [2.75, 3.05) is 0 Å². The highest BCUT2D eigenvalue weighted by Crippen LogP contribution is 2.26. The molecule has 0 heterocycles. The first-order chi connectivity index (χ1) is 11.4. The van der Waals surface area contributed by atoms with Gasteiger partial charge in [-0.25, -0.2) is 4.79 Å². The zero-order valence-corrected chi connectivity index (χ0v) is 13.1. The summed E-state index contributed by atoms with van der Waals surface area (Å²) in [5.41, 5.74) is 13.5. The topological polar surface area (TPSA) is 119 Å². The first-order valence-corrected chi connectivity index (χ1v) is 7.13. The van der Waals surface area contributed by atoms with Crippen LogP contribution in [0.15, 0.2) is 59.1 Å². The van der Waals surface area contributed by atoms with E-state index in [0.29, 0.717) is 5.57 Å². The summed E-state index contributed by atoms with van der Waals surface area (Å²) >= 11 is 0. The molecular formula is C18H17N3O3. The van der Waals surface area contributed by atoms with Crippen molar-refractivity contribution in [3.63, 3.8) is 0 Å². The van der Waals surface area contributed by atoms with Crippen molar-refractivity contribution in [1.29, 1.82) is 0 Å². The third kappa shape index (κ3) is 4.07. The SMILES string of the molecule is C/C(=C\c1ccccc1-c1ccc(C(=O)O)cc1)C(=O)N=C(N)N. The van der Waals surface area contributed by atoms with Gasteiger partial charge in [-0.15, -0.1) is 0 Å². The van der Waals surface area contributed by atoms with Gasteiger partial charge in [0.05, 0.1) is 5.56 Å². The molecule has 6 heteroatoms. The summed E-state index contributed by atoms with van der Waals surface area (Å²) in [7, 11) is 0. The molecule has 2 aromatic carbocycles. The summed E-state index contributed by atoms with van der Waals surface area (Å²) in [5, 5.41) is 8.97. The van der Waals surface area contributed by atoms with Gasteiger partial charge in [0.2, 0.25) is 0 Å². The van der Waals surface area contributed by atoms with E-state index in [-0.39, 0.29) is 11.5 Å². The summed E-state index contributed by atoms with van der Waals surface area (Å²) < 4.78 is 0. The average molecular weight is 323 g/mol. The highest BCUT2D eigenvalue weighted by atomic mass is 16.4. The largest absolute Gasteiger partial charge is 0.478 e. The van der Waals surface area contributed by atoms with Gasteiger partial charge in [0.1, 0.15) is 0 Å². The second-order valence-electron chi connectivity index (χ2n) is 5.14. The number of carbonyl (C=O) groups is 2. The first-order valence-electron chi connectivity index (χ1n) is 7.13. The number of hydrogen-bond acceptors (Lipinski definition) is 2. The Kier molecular flexibility index (Phi) is 5.11. The predicted molar refractivity (Wildman–Crippen MR) is 93.3 cm³/mol. The van der Waals surface area contributed by atoms with Crippen molar-refractivity contribution in [3.8, 4) is 11.1 Å². The zero-order valence-electron chi connectivity index (χ0n) is 13.1. The van der Waals surface area contributed by atoms with E-state index in [4.69, 9.17) is 16.6 Å². The highest BCUT2D eigenvalue weighted by Gasteiger charge is 2.08. The van der Waals surface area contributed by atoms with Gasteiger partial charge in [0, 0.05) is 5.57 Å². The van der Waals surface area contributed by atoms with Crippen LogP contribution in [0.1, 0.15) is 22.8 Å². The number of aromatic carboxylic acids is 1. The fraction of sp³-hybridized carbons (Fsp3) is 0.0556. The lowest BCUT2D eigenvalue weighted by Crippen LogP contribution is -2.24. The minimum atomic E-state index is -0.978. The number of guanidine groups is 1. The van der Waals surface area contributed by atoms with E-state index in [1.54, 1.807) is 25.1 Å². The van der Waals surface area contributed by atoms with E-state index in [1.807, 2.05) is 24.3 Å². The number of rotatable bonds is 4. The molecule has 0 atom stereocenters. The third-order valence-corrected chi connectivity index (χ3v) is 3.34. The summed E-state index contributed by atoms with van der Waals surface area (Å²) in [6.45, 7) is 1.62. The second kappa shape index (κ2) is 7.23. The number of nitrogens with two attached hydrogens (primary N) is 2. The molecule has 0 radical (unpaired) electrons. The molecule has 0 fully saturated rings. The number of carboxylic acid groups (broad SMARTS) is 1.